The highest BCUT2D eigenvalue weighted by Crippen LogP contribution is 2.07. The number of benzene rings is 1. The first kappa shape index (κ1) is 16.7. The number of hydrogen-bond acceptors (Lipinski definition) is 5. The number of nitrogens with zero attached hydrogens (tertiary/aromatic N) is 1. The fourth-order valence-corrected chi connectivity index (χ4v) is 1.63. The number of ether oxygens (including phenoxy) is 1. The number of rotatable bonds is 9. The zero-order valence-corrected chi connectivity index (χ0v) is 12.0. The first-order valence-electron chi connectivity index (χ1n) is 6.90. The summed E-state index contributed by atoms with van der Waals surface area (Å²) >= 11 is 0. The Hall–Kier alpha value is -2.37. The molecule has 0 saturated heterocycles. The van der Waals surface area contributed by atoms with E-state index in [4.69, 9.17) is 9.84 Å². The monoisotopic (exact) mass is 292 g/mol. The van der Waals surface area contributed by atoms with Gasteiger partial charge in [-0.3, -0.25) is 10.2 Å². The molecule has 6 heteroatoms. The second kappa shape index (κ2) is 9.52. The van der Waals surface area contributed by atoms with Crippen molar-refractivity contribution in [3.8, 4) is 0 Å². The SMILES string of the molecule is CCOC(=O)/C(CCCCC(=O)O)=N\Nc1ccccc1. The Morgan fingerprint density at radius 3 is 2.48 bits per heavy atom. The van der Waals surface area contributed by atoms with Gasteiger partial charge in [0.2, 0.25) is 0 Å². The number of nitrogens with one attached hydrogen (secondary N) is 1. The van der Waals surface area contributed by atoms with Gasteiger partial charge < -0.3 is 9.84 Å². The highest BCUT2D eigenvalue weighted by Gasteiger charge is 2.13. The number of hydrogen-bond donors (Lipinski definition) is 2. The molecule has 0 aromatic heterocycles. The molecule has 0 fully saturated rings. The van der Waals surface area contributed by atoms with E-state index in [2.05, 4.69) is 10.5 Å². The lowest BCUT2D eigenvalue weighted by atomic mass is 10.1. The number of hydrazone groups is 1. The largest absolute Gasteiger partial charge is 0.481 e. The Morgan fingerprint density at radius 1 is 1.19 bits per heavy atom. The van der Waals surface area contributed by atoms with Gasteiger partial charge in [-0.1, -0.05) is 18.2 Å². The topological polar surface area (TPSA) is 88.0 Å². The third kappa shape index (κ3) is 7.10. The molecule has 21 heavy (non-hydrogen) atoms. The summed E-state index contributed by atoms with van der Waals surface area (Å²) in [7, 11) is 0. The van der Waals surface area contributed by atoms with Crippen LogP contribution in [0.15, 0.2) is 35.4 Å². The van der Waals surface area contributed by atoms with E-state index >= 15 is 0 Å². The van der Waals surface area contributed by atoms with E-state index in [0.29, 0.717) is 19.3 Å². The molecule has 2 N–H and O–H groups in total. The Labute approximate surface area is 123 Å². The molecule has 0 amide bonds. The van der Waals surface area contributed by atoms with Gasteiger partial charge in [-0.15, -0.1) is 0 Å². The molecule has 0 heterocycles. The zero-order chi connectivity index (χ0) is 15.5. The lowest BCUT2D eigenvalue weighted by Gasteiger charge is -2.07. The normalized spacial score (nSPS) is 11.0. The molecule has 6 nitrogen and oxygen atoms in total. The Bertz CT molecular complexity index is 486. The Kier molecular flexibility index (Phi) is 7.56. The van der Waals surface area contributed by atoms with E-state index in [-0.39, 0.29) is 18.7 Å². The van der Waals surface area contributed by atoms with Gasteiger partial charge in [-0.25, -0.2) is 4.79 Å². The van der Waals surface area contributed by atoms with E-state index in [1.165, 1.54) is 0 Å². The maximum atomic E-state index is 11.8. The molecule has 1 rings (SSSR count). The van der Waals surface area contributed by atoms with Crippen LogP contribution in [0.5, 0.6) is 0 Å². The highest BCUT2D eigenvalue weighted by atomic mass is 16.5. The minimum atomic E-state index is -0.841. The molecule has 0 aliphatic heterocycles. The maximum Gasteiger partial charge on any atom is 0.354 e. The lowest BCUT2D eigenvalue weighted by molar-refractivity contribution is -0.137. The van der Waals surface area contributed by atoms with Crippen LogP contribution in [0.2, 0.25) is 0 Å². The molecule has 0 atom stereocenters. The predicted molar refractivity (Wildman–Crippen MR) is 80.2 cm³/mol. The minimum absolute atomic E-state index is 0.0855. The molecule has 1 aromatic carbocycles. The van der Waals surface area contributed by atoms with Crippen LogP contribution in [-0.2, 0) is 14.3 Å². The zero-order valence-electron chi connectivity index (χ0n) is 12.0. The summed E-state index contributed by atoms with van der Waals surface area (Å²) in [6, 6.07) is 9.25. The second-order valence-corrected chi connectivity index (χ2v) is 4.36. The molecule has 0 spiro atoms. The number of para-hydroxylation sites is 1. The van der Waals surface area contributed by atoms with E-state index in [9.17, 15) is 9.59 Å². The number of anilines is 1. The molecule has 0 radical (unpaired) electrons. The number of carboxylic acid groups (broad SMARTS) is 1. The molecule has 0 unspecified atom stereocenters. The van der Waals surface area contributed by atoms with Crippen molar-refractivity contribution in [3.63, 3.8) is 0 Å². The van der Waals surface area contributed by atoms with Crippen LogP contribution in [-0.4, -0.2) is 29.4 Å². The first-order chi connectivity index (χ1) is 10.1. The summed E-state index contributed by atoms with van der Waals surface area (Å²) in [6.07, 6.45) is 1.54. The van der Waals surface area contributed by atoms with Crippen molar-refractivity contribution in [3.05, 3.63) is 30.3 Å². The summed E-state index contributed by atoms with van der Waals surface area (Å²) < 4.78 is 4.94. The summed E-state index contributed by atoms with van der Waals surface area (Å²) in [6.45, 7) is 2.00. The van der Waals surface area contributed by atoms with E-state index in [1.807, 2.05) is 30.3 Å². The fourth-order valence-electron chi connectivity index (χ4n) is 1.63. The number of esters is 1. The molecular formula is C15H20N2O4. The molecule has 114 valence electrons. The molecule has 0 saturated carbocycles. The van der Waals surface area contributed by atoms with Gasteiger partial charge in [0, 0.05) is 6.42 Å². The molecule has 1 aromatic rings. The third-order valence-electron chi connectivity index (χ3n) is 2.66. The smallest absolute Gasteiger partial charge is 0.354 e. The fraction of sp³-hybridized carbons (Fsp3) is 0.400. The van der Waals surface area contributed by atoms with Crippen LogP contribution < -0.4 is 5.43 Å². The van der Waals surface area contributed by atoms with Crippen LogP contribution in [0.25, 0.3) is 0 Å². The van der Waals surface area contributed by atoms with Crippen LogP contribution in [0.1, 0.15) is 32.6 Å². The van der Waals surface area contributed by atoms with Crippen LogP contribution >= 0.6 is 0 Å². The van der Waals surface area contributed by atoms with Crippen molar-refractivity contribution in [2.24, 2.45) is 5.10 Å². The van der Waals surface area contributed by atoms with Gasteiger partial charge in [0.25, 0.3) is 0 Å². The molecule has 0 aliphatic carbocycles. The van der Waals surface area contributed by atoms with Crippen LogP contribution in [0.4, 0.5) is 5.69 Å². The van der Waals surface area contributed by atoms with Crippen LogP contribution in [0, 0.1) is 0 Å². The van der Waals surface area contributed by atoms with Gasteiger partial charge in [0.15, 0.2) is 0 Å². The second-order valence-electron chi connectivity index (χ2n) is 4.36. The van der Waals surface area contributed by atoms with Gasteiger partial charge in [-0.2, -0.15) is 5.10 Å². The number of unbranched alkanes of at least 4 members (excludes halogenated alkanes) is 1. The average molecular weight is 292 g/mol. The summed E-state index contributed by atoms with van der Waals surface area (Å²) in [5.74, 6) is -1.32. The minimum Gasteiger partial charge on any atom is -0.481 e. The van der Waals surface area contributed by atoms with E-state index in [1.54, 1.807) is 6.92 Å². The van der Waals surface area contributed by atoms with Crippen molar-refractivity contribution < 1.29 is 19.4 Å². The average Bonchev–Trinajstić information content (AvgIpc) is 2.47. The molecular weight excluding hydrogens is 272 g/mol. The lowest BCUT2D eigenvalue weighted by Crippen LogP contribution is -2.19. The van der Waals surface area contributed by atoms with Gasteiger partial charge in [0.1, 0.15) is 5.71 Å². The summed E-state index contributed by atoms with van der Waals surface area (Å²) in [4.78, 5) is 22.2. The van der Waals surface area contributed by atoms with Crippen molar-refractivity contribution in [2.75, 3.05) is 12.0 Å². The number of carbonyl (C=O) groups excluding carboxylic acids is 1. The van der Waals surface area contributed by atoms with Gasteiger partial charge >= 0.3 is 11.9 Å². The summed E-state index contributed by atoms with van der Waals surface area (Å²) in [5, 5.41) is 12.7. The third-order valence-corrected chi connectivity index (χ3v) is 2.66. The predicted octanol–water partition coefficient (Wildman–Crippen LogP) is 2.66. The van der Waals surface area contributed by atoms with Gasteiger partial charge in [-0.05, 0) is 38.3 Å². The Morgan fingerprint density at radius 2 is 1.86 bits per heavy atom. The summed E-state index contributed by atoms with van der Waals surface area (Å²) in [5.41, 5.74) is 3.84. The van der Waals surface area contributed by atoms with Crippen molar-refractivity contribution in [1.82, 2.24) is 0 Å². The van der Waals surface area contributed by atoms with Crippen molar-refractivity contribution >= 4 is 23.3 Å². The quantitative estimate of drug-likeness (QED) is 0.316. The van der Waals surface area contributed by atoms with Crippen molar-refractivity contribution in [1.29, 1.82) is 0 Å². The van der Waals surface area contributed by atoms with Crippen LogP contribution in [0.3, 0.4) is 0 Å². The van der Waals surface area contributed by atoms with Crippen molar-refractivity contribution in [2.45, 2.75) is 32.6 Å². The van der Waals surface area contributed by atoms with E-state index < -0.39 is 11.9 Å². The molecule has 0 aliphatic rings. The Balaban J connectivity index is 2.58. The van der Waals surface area contributed by atoms with E-state index in [0.717, 1.165) is 5.69 Å². The molecule has 0 bridgehead atoms. The highest BCUT2D eigenvalue weighted by molar-refractivity contribution is 6.36. The standard InChI is InChI=1S/C15H20N2O4/c1-2-21-15(20)13(10-6-7-11-14(18)19)17-16-12-8-4-3-5-9-12/h3-5,8-9,16H,2,6-7,10-11H2,1H3,(H,18,19)/b17-13-. The number of carboxylic acids is 1. The maximum absolute atomic E-state index is 11.8. The number of carbonyl (C=O) groups is 2. The first-order valence-corrected chi connectivity index (χ1v) is 6.90. The van der Waals surface area contributed by atoms with Gasteiger partial charge in [0.05, 0.1) is 12.3 Å². The number of aliphatic carboxylic acids is 1.